The molecule has 0 radical (unpaired) electrons. The number of rotatable bonds is 7. The van der Waals surface area contributed by atoms with Crippen molar-refractivity contribution in [1.82, 2.24) is 14.8 Å². The Morgan fingerprint density at radius 2 is 1.90 bits per heavy atom. The van der Waals surface area contributed by atoms with E-state index in [9.17, 15) is 8.78 Å². The van der Waals surface area contributed by atoms with Crippen molar-refractivity contribution in [1.29, 1.82) is 0 Å². The van der Waals surface area contributed by atoms with Crippen molar-refractivity contribution in [2.45, 2.75) is 13.1 Å². The Bertz CT molecular complexity index is 1000. The number of aryl methyl sites for hydroxylation is 1. The molecular formula is C20H22F2N6O. The van der Waals surface area contributed by atoms with Gasteiger partial charge in [-0.25, -0.2) is 13.5 Å². The summed E-state index contributed by atoms with van der Waals surface area (Å²) >= 11 is 0. The van der Waals surface area contributed by atoms with E-state index >= 15 is 0 Å². The molecule has 1 aromatic heterocycles. The van der Waals surface area contributed by atoms with E-state index in [4.69, 9.17) is 5.11 Å². The molecule has 3 aromatic rings. The minimum atomic E-state index is -0.771. The second-order valence-electron chi connectivity index (χ2n) is 7.05. The lowest BCUT2D eigenvalue weighted by Crippen LogP contribution is -2.48. The molecule has 0 aliphatic carbocycles. The molecule has 0 amide bonds. The SMILES string of the molecule is Cc1cc(Nc2ncn(-c3cc(F)cc(NCCO)c3)n2)cc(N2CC(F)C2)c1. The van der Waals surface area contributed by atoms with Crippen molar-refractivity contribution in [3.8, 4) is 5.69 Å². The van der Waals surface area contributed by atoms with Crippen molar-refractivity contribution in [3.05, 3.63) is 54.1 Å². The van der Waals surface area contributed by atoms with Crippen LogP contribution in [0.2, 0.25) is 0 Å². The highest BCUT2D eigenvalue weighted by Gasteiger charge is 2.26. The van der Waals surface area contributed by atoms with Gasteiger partial charge in [-0.1, -0.05) is 0 Å². The third-order valence-corrected chi connectivity index (χ3v) is 4.60. The maximum absolute atomic E-state index is 13.9. The van der Waals surface area contributed by atoms with Crippen LogP contribution in [0.4, 0.5) is 31.8 Å². The maximum Gasteiger partial charge on any atom is 0.246 e. The van der Waals surface area contributed by atoms with E-state index in [1.165, 1.54) is 23.1 Å². The summed E-state index contributed by atoms with van der Waals surface area (Å²) in [6.07, 6.45) is 0.722. The molecular weight excluding hydrogens is 378 g/mol. The fraction of sp³-hybridized carbons (Fsp3) is 0.300. The fourth-order valence-corrected chi connectivity index (χ4v) is 3.24. The normalized spacial score (nSPS) is 14.0. The maximum atomic E-state index is 13.9. The topological polar surface area (TPSA) is 78.2 Å². The summed E-state index contributed by atoms with van der Waals surface area (Å²) in [5.74, 6) is -0.0559. The van der Waals surface area contributed by atoms with Crippen LogP contribution in [0.15, 0.2) is 42.7 Å². The van der Waals surface area contributed by atoms with Crippen molar-refractivity contribution in [2.75, 3.05) is 41.8 Å². The molecule has 1 fully saturated rings. The van der Waals surface area contributed by atoms with Gasteiger partial charge in [0, 0.05) is 23.6 Å². The molecule has 4 rings (SSSR count). The first-order valence-corrected chi connectivity index (χ1v) is 9.35. The van der Waals surface area contributed by atoms with Crippen molar-refractivity contribution in [2.24, 2.45) is 0 Å². The Balaban J connectivity index is 1.52. The highest BCUT2D eigenvalue weighted by Crippen LogP contribution is 2.28. The molecule has 1 aliphatic rings. The predicted octanol–water partition coefficient (Wildman–Crippen LogP) is 3.02. The molecule has 2 heterocycles. The Morgan fingerprint density at radius 1 is 1.10 bits per heavy atom. The summed E-state index contributed by atoms with van der Waals surface area (Å²) < 4.78 is 28.5. The molecule has 0 unspecified atom stereocenters. The van der Waals surface area contributed by atoms with Gasteiger partial charge in [-0.05, 0) is 48.9 Å². The average Bonchev–Trinajstić information content (AvgIpc) is 3.11. The van der Waals surface area contributed by atoms with Gasteiger partial charge in [0.05, 0.1) is 25.4 Å². The van der Waals surface area contributed by atoms with E-state index < -0.39 is 12.0 Å². The van der Waals surface area contributed by atoms with Crippen LogP contribution in [0.1, 0.15) is 5.56 Å². The monoisotopic (exact) mass is 400 g/mol. The average molecular weight is 400 g/mol. The van der Waals surface area contributed by atoms with Crippen molar-refractivity contribution >= 4 is 23.0 Å². The van der Waals surface area contributed by atoms with Crippen molar-refractivity contribution in [3.63, 3.8) is 0 Å². The van der Waals surface area contributed by atoms with E-state index in [0.29, 0.717) is 37.0 Å². The Labute approximate surface area is 167 Å². The zero-order valence-corrected chi connectivity index (χ0v) is 15.9. The Kier molecular flexibility index (Phi) is 5.30. The number of hydrogen-bond donors (Lipinski definition) is 3. The first-order valence-electron chi connectivity index (χ1n) is 9.35. The van der Waals surface area contributed by atoms with Gasteiger partial charge in [-0.15, -0.1) is 5.10 Å². The molecule has 1 aliphatic heterocycles. The molecule has 29 heavy (non-hydrogen) atoms. The number of alkyl halides is 1. The number of nitrogens with zero attached hydrogens (tertiary/aromatic N) is 4. The fourth-order valence-electron chi connectivity index (χ4n) is 3.24. The zero-order valence-electron chi connectivity index (χ0n) is 15.9. The first-order chi connectivity index (χ1) is 14.0. The molecule has 9 heteroatoms. The van der Waals surface area contributed by atoms with Gasteiger partial charge in [0.15, 0.2) is 0 Å². The number of nitrogens with one attached hydrogen (secondary N) is 2. The van der Waals surface area contributed by atoms with E-state index in [0.717, 1.165) is 16.9 Å². The summed E-state index contributed by atoms with van der Waals surface area (Å²) in [6.45, 7) is 3.05. The van der Waals surface area contributed by atoms with Gasteiger partial charge < -0.3 is 20.6 Å². The molecule has 0 atom stereocenters. The smallest absolute Gasteiger partial charge is 0.246 e. The molecule has 2 aromatic carbocycles. The largest absolute Gasteiger partial charge is 0.395 e. The van der Waals surface area contributed by atoms with Gasteiger partial charge in [-0.2, -0.15) is 4.98 Å². The molecule has 7 nitrogen and oxygen atoms in total. The second-order valence-corrected chi connectivity index (χ2v) is 7.05. The number of hydrogen-bond acceptors (Lipinski definition) is 6. The van der Waals surface area contributed by atoms with Crippen LogP contribution in [-0.2, 0) is 0 Å². The molecule has 0 saturated carbocycles. The summed E-state index contributed by atoms with van der Waals surface area (Å²) in [4.78, 5) is 6.22. The molecule has 3 N–H and O–H groups in total. The predicted molar refractivity (Wildman–Crippen MR) is 108 cm³/mol. The van der Waals surface area contributed by atoms with Crippen LogP contribution >= 0.6 is 0 Å². The minimum Gasteiger partial charge on any atom is -0.395 e. The van der Waals surface area contributed by atoms with E-state index in [-0.39, 0.29) is 6.61 Å². The third-order valence-electron chi connectivity index (χ3n) is 4.60. The van der Waals surface area contributed by atoms with Gasteiger partial charge in [-0.3, -0.25) is 0 Å². The van der Waals surface area contributed by atoms with E-state index in [2.05, 4.69) is 20.7 Å². The highest BCUT2D eigenvalue weighted by atomic mass is 19.1. The van der Waals surface area contributed by atoms with Gasteiger partial charge >= 0.3 is 0 Å². The number of anilines is 4. The van der Waals surface area contributed by atoms with Crippen LogP contribution in [0, 0.1) is 12.7 Å². The Morgan fingerprint density at radius 3 is 2.66 bits per heavy atom. The van der Waals surface area contributed by atoms with Crippen LogP contribution < -0.4 is 15.5 Å². The van der Waals surface area contributed by atoms with E-state index in [1.807, 2.05) is 30.0 Å². The zero-order chi connectivity index (χ0) is 20.4. The number of benzene rings is 2. The first kappa shape index (κ1) is 19.1. The lowest BCUT2D eigenvalue weighted by Gasteiger charge is -2.36. The second kappa shape index (κ2) is 8.04. The van der Waals surface area contributed by atoms with Gasteiger partial charge in [0.2, 0.25) is 5.95 Å². The lowest BCUT2D eigenvalue weighted by molar-refractivity contribution is 0.275. The standard InChI is InChI=1S/C20H22F2N6O/c1-13-4-17(9-18(5-13)27-10-15(22)11-27)25-20-24-12-28(26-20)19-7-14(21)6-16(8-19)23-2-3-29/h4-9,12,15,23,29H,2-3,10-11H2,1H3,(H,25,26). The number of halogens is 2. The van der Waals surface area contributed by atoms with Gasteiger partial charge in [0.25, 0.3) is 0 Å². The molecule has 1 saturated heterocycles. The summed E-state index contributed by atoms with van der Waals surface area (Å²) in [5, 5.41) is 19.4. The van der Waals surface area contributed by atoms with Crippen LogP contribution in [-0.4, -0.2) is 52.3 Å². The number of aliphatic hydroxyl groups excluding tert-OH is 1. The van der Waals surface area contributed by atoms with Crippen LogP contribution in [0.3, 0.4) is 0 Å². The lowest BCUT2D eigenvalue weighted by atomic mass is 10.1. The molecule has 0 bridgehead atoms. The summed E-state index contributed by atoms with van der Waals surface area (Å²) in [6, 6.07) is 10.3. The number of aromatic nitrogens is 3. The minimum absolute atomic E-state index is 0.0505. The molecule has 0 spiro atoms. The van der Waals surface area contributed by atoms with Gasteiger partial charge in [0.1, 0.15) is 18.3 Å². The number of aliphatic hydroxyl groups is 1. The van der Waals surface area contributed by atoms with E-state index in [1.54, 1.807) is 6.07 Å². The third kappa shape index (κ3) is 4.45. The quantitative estimate of drug-likeness (QED) is 0.566. The summed E-state index contributed by atoms with van der Waals surface area (Å²) in [7, 11) is 0. The van der Waals surface area contributed by atoms with Crippen LogP contribution in [0.5, 0.6) is 0 Å². The van der Waals surface area contributed by atoms with Crippen LogP contribution in [0.25, 0.3) is 5.69 Å². The van der Waals surface area contributed by atoms with Crippen molar-refractivity contribution < 1.29 is 13.9 Å². The molecule has 152 valence electrons. The highest BCUT2D eigenvalue weighted by molar-refractivity contribution is 5.65. The summed E-state index contributed by atoms with van der Waals surface area (Å²) in [5.41, 5.74) is 3.83. The Hall–Kier alpha value is -3.20.